The highest BCUT2D eigenvalue weighted by atomic mass is 32.1. The molecule has 4 rings (SSSR count). The van der Waals surface area contributed by atoms with Crippen molar-refractivity contribution in [3.63, 3.8) is 0 Å². The van der Waals surface area contributed by atoms with Gasteiger partial charge in [-0.1, -0.05) is 18.2 Å². The molecule has 8 heteroatoms. The Balaban J connectivity index is 1.13. The van der Waals surface area contributed by atoms with Crippen LogP contribution in [0.5, 0.6) is 5.75 Å². The highest BCUT2D eigenvalue weighted by Gasteiger charge is 2.27. The molecule has 0 radical (unpaired) electrons. The second-order valence-electron chi connectivity index (χ2n) is 8.13. The van der Waals surface area contributed by atoms with Crippen LogP contribution in [0.15, 0.2) is 47.8 Å². The quantitative estimate of drug-likeness (QED) is 0.485. The van der Waals surface area contributed by atoms with Crippen LogP contribution < -0.4 is 10.1 Å². The van der Waals surface area contributed by atoms with E-state index in [-0.39, 0.29) is 17.7 Å². The Labute approximate surface area is 202 Å². The Morgan fingerprint density at radius 2 is 1.94 bits per heavy atom. The third-order valence-electron chi connectivity index (χ3n) is 5.75. The third-order valence-corrected chi connectivity index (χ3v) is 7.69. The first kappa shape index (κ1) is 23.4. The zero-order chi connectivity index (χ0) is 23.0. The first-order chi connectivity index (χ1) is 16.1. The molecule has 1 aliphatic heterocycles. The minimum Gasteiger partial charge on any atom is -0.493 e. The number of nitrogens with zero attached hydrogens (tertiary/aromatic N) is 2. The second kappa shape index (κ2) is 11.4. The van der Waals surface area contributed by atoms with Gasteiger partial charge < -0.3 is 15.0 Å². The van der Waals surface area contributed by atoms with Crippen molar-refractivity contribution in [3.05, 3.63) is 57.7 Å². The number of aryl methyl sites for hydroxylation is 1. The van der Waals surface area contributed by atoms with Crippen molar-refractivity contribution in [2.75, 3.05) is 26.2 Å². The molecule has 1 fully saturated rings. The molecule has 0 saturated carbocycles. The Morgan fingerprint density at radius 3 is 2.67 bits per heavy atom. The minimum absolute atomic E-state index is 0.0218. The number of hydrogen-bond donors (Lipinski definition) is 1. The Morgan fingerprint density at radius 1 is 1.15 bits per heavy atom. The number of piperidine rings is 1. The van der Waals surface area contributed by atoms with Crippen LogP contribution in [0.1, 0.15) is 29.1 Å². The lowest BCUT2D eigenvalue weighted by Crippen LogP contribution is -2.43. The fourth-order valence-corrected chi connectivity index (χ4v) is 5.56. The van der Waals surface area contributed by atoms with Crippen molar-refractivity contribution in [2.24, 2.45) is 5.92 Å². The van der Waals surface area contributed by atoms with Crippen LogP contribution in [0.3, 0.4) is 0 Å². The fourth-order valence-electron chi connectivity index (χ4n) is 3.90. The highest BCUT2D eigenvalue weighted by molar-refractivity contribution is 7.16. The van der Waals surface area contributed by atoms with E-state index in [1.165, 1.54) is 9.75 Å². The number of ether oxygens (including phenoxy) is 1. The molecular weight excluding hydrogens is 454 g/mol. The number of amides is 2. The van der Waals surface area contributed by atoms with Gasteiger partial charge in [-0.25, -0.2) is 4.98 Å². The zero-order valence-corrected chi connectivity index (χ0v) is 20.4. The number of thiophene rings is 1. The summed E-state index contributed by atoms with van der Waals surface area (Å²) in [6.45, 7) is 4.27. The van der Waals surface area contributed by atoms with Crippen LogP contribution in [0.4, 0.5) is 0 Å². The normalized spacial score (nSPS) is 14.3. The fraction of sp³-hybridized carbons (Fsp3) is 0.400. The predicted molar refractivity (Wildman–Crippen MR) is 133 cm³/mol. The van der Waals surface area contributed by atoms with E-state index < -0.39 is 0 Å². The lowest BCUT2D eigenvalue weighted by atomic mass is 9.95. The molecule has 0 atom stereocenters. The number of likely N-dealkylation sites (tertiary alicyclic amines) is 1. The van der Waals surface area contributed by atoms with E-state index in [1.54, 1.807) is 22.7 Å². The standard InChI is InChI=1S/C25H29N3O3S2/c1-18-27-22(17-32-18)23-8-7-21(33-23)9-13-26-25(30)19-10-14-28(15-11-19)24(29)12-16-31-20-5-3-2-4-6-20/h2-8,17,19H,9-16H2,1H3,(H,26,30). The van der Waals surface area contributed by atoms with E-state index in [0.29, 0.717) is 45.5 Å². The van der Waals surface area contributed by atoms with E-state index in [1.807, 2.05) is 42.2 Å². The van der Waals surface area contributed by atoms with Crippen molar-refractivity contribution in [2.45, 2.75) is 32.6 Å². The van der Waals surface area contributed by atoms with Crippen molar-refractivity contribution in [3.8, 4) is 16.3 Å². The Kier molecular flexibility index (Phi) is 8.12. The molecule has 174 valence electrons. The first-order valence-corrected chi connectivity index (χ1v) is 13.0. The van der Waals surface area contributed by atoms with E-state index in [0.717, 1.165) is 22.9 Å². The topological polar surface area (TPSA) is 71.5 Å². The van der Waals surface area contributed by atoms with Crippen LogP contribution in [0, 0.1) is 12.8 Å². The molecule has 2 aromatic heterocycles. The first-order valence-electron chi connectivity index (χ1n) is 11.3. The van der Waals surface area contributed by atoms with Gasteiger partial charge in [0.1, 0.15) is 5.75 Å². The maximum absolute atomic E-state index is 12.6. The number of nitrogens with one attached hydrogen (secondary N) is 1. The molecule has 0 bridgehead atoms. The van der Waals surface area contributed by atoms with Crippen LogP contribution in [0.25, 0.3) is 10.6 Å². The van der Waals surface area contributed by atoms with E-state index in [2.05, 4.69) is 27.8 Å². The molecule has 33 heavy (non-hydrogen) atoms. The number of para-hydroxylation sites is 1. The molecule has 6 nitrogen and oxygen atoms in total. The Hall–Kier alpha value is -2.71. The van der Waals surface area contributed by atoms with Gasteiger partial charge in [-0.3, -0.25) is 9.59 Å². The summed E-state index contributed by atoms with van der Waals surface area (Å²) in [4.78, 5) is 33.8. The molecule has 3 aromatic rings. The van der Waals surface area contributed by atoms with E-state index in [4.69, 9.17) is 4.74 Å². The highest BCUT2D eigenvalue weighted by Crippen LogP contribution is 2.29. The molecule has 1 aliphatic rings. The van der Waals surface area contributed by atoms with Gasteiger partial charge in [-0.05, 0) is 50.5 Å². The molecule has 3 heterocycles. The van der Waals surface area contributed by atoms with Gasteiger partial charge in [0.15, 0.2) is 0 Å². The lowest BCUT2D eigenvalue weighted by Gasteiger charge is -2.31. The number of benzene rings is 1. The van der Waals surface area contributed by atoms with Crippen LogP contribution in [0.2, 0.25) is 0 Å². The molecule has 0 unspecified atom stereocenters. The van der Waals surface area contributed by atoms with Crippen LogP contribution >= 0.6 is 22.7 Å². The SMILES string of the molecule is Cc1nc(-c2ccc(CCNC(=O)C3CCN(C(=O)CCOc4ccccc4)CC3)s2)cs1. The summed E-state index contributed by atoms with van der Waals surface area (Å²) in [6, 6.07) is 13.7. The summed E-state index contributed by atoms with van der Waals surface area (Å²) in [5.41, 5.74) is 1.03. The number of carbonyl (C=O) groups is 2. The summed E-state index contributed by atoms with van der Waals surface area (Å²) in [7, 11) is 0. The summed E-state index contributed by atoms with van der Waals surface area (Å²) >= 11 is 3.39. The smallest absolute Gasteiger partial charge is 0.225 e. The summed E-state index contributed by atoms with van der Waals surface area (Å²) in [5.74, 6) is 0.944. The largest absolute Gasteiger partial charge is 0.493 e. The number of hydrogen-bond acceptors (Lipinski definition) is 6. The predicted octanol–water partition coefficient (Wildman–Crippen LogP) is 4.55. The maximum atomic E-state index is 12.6. The van der Waals surface area contributed by atoms with Gasteiger partial charge in [-0.15, -0.1) is 22.7 Å². The van der Waals surface area contributed by atoms with Crippen molar-refractivity contribution < 1.29 is 14.3 Å². The summed E-state index contributed by atoms with van der Waals surface area (Å²) in [6.07, 6.45) is 2.60. The Bertz CT molecular complexity index is 1060. The van der Waals surface area contributed by atoms with Gasteiger partial charge in [0, 0.05) is 35.8 Å². The van der Waals surface area contributed by atoms with Crippen molar-refractivity contribution >= 4 is 34.5 Å². The number of carbonyl (C=O) groups excluding carboxylic acids is 2. The van der Waals surface area contributed by atoms with Crippen LogP contribution in [-0.4, -0.2) is 47.9 Å². The summed E-state index contributed by atoms with van der Waals surface area (Å²) < 4.78 is 5.62. The van der Waals surface area contributed by atoms with Gasteiger partial charge in [-0.2, -0.15) is 0 Å². The number of rotatable bonds is 9. The molecule has 1 N–H and O–H groups in total. The van der Waals surface area contributed by atoms with Crippen LogP contribution in [-0.2, 0) is 16.0 Å². The molecule has 0 aliphatic carbocycles. The minimum atomic E-state index is -0.0218. The average Bonchev–Trinajstić information content (AvgIpc) is 3.49. The maximum Gasteiger partial charge on any atom is 0.225 e. The monoisotopic (exact) mass is 483 g/mol. The van der Waals surface area contributed by atoms with Crippen molar-refractivity contribution in [1.29, 1.82) is 0 Å². The van der Waals surface area contributed by atoms with Crippen molar-refractivity contribution in [1.82, 2.24) is 15.2 Å². The molecule has 2 amide bonds. The zero-order valence-electron chi connectivity index (χ0n) is 18.8. The molecular formula is C25H29N3O3S2. The van der Waals surface area contributed by atoms with E-state index >= 15 is 0 Å². The van der Waals surface area contributed by atoms with Gasteiger partial charge in [0.2, 0.25) is 11.8 Å². The average molecular weight is 484 g/mol. The van der Waals surface area contributed by atoms with E-state index in [9.17, 15) is 9.59 Å². The molecule has 1 aromatic carbocycles. The second-order valence-corrected chi connectivity index (χ2v) is 10.4. The number of aromatic nitrogens is 1. The van der Waals surface area contributed by atoms with Gasteiger partial charge >= 0.3 is 0 Å². The molecule has 0 spiro atoms. The summed E-state index contributed by atoms with van der Waals surface area (Å²) in [5, 5.41) is 6.23. The van der Waals surface area contributed by atoms with Gasteiger partial charge in [0.25, 0.3) is 0 Å². The third kappa shape index (κ3) is 6.65. The lowest BCUT2D eigenvalue weighted by molar-refractivity contribution is -0.136. The molecule has 1 saturated heterocycles. The number of thiazole rings is 1. The van der Waals surface area contributed by atoms with Gasteiger partial charge in [0.05, 0.1) is 28.6 Å².